The number of ether oxygens (including phenoxy) is 1. The lowest BCUT2D eigenvalue weighted by Crippen LogP contribution is -2.37. The van der Waals surface area contributed by atoms with Crippen LogP contribution in [0.15, 0.2) is 24.3 Å². The summed E-state index contributed by atoms with van der Waals surface area (Å²) in [6.45, 7) is 6.62. The molecule has 0 aliphatic rings. The topological polar surface area (TPSA) is 55.4 Å². The smallest absolute Gasteiger partial charge is 0.315 e. The monoisotopic (exact) mass is 263 g/mol. The second kappa shape index (κ2) is 6.36. The normalized spacial score (nSPS) is 10.9. The number of aryl methyl sites for hydroxylation is 1. The average Bonchev–Trinajstić information content (AvgIpc) is 2.37. The molecule has 0 atom stereocenters. The maximum absolute atomic E-state index is 11.5. The number of amides is 1. The highest BCUT2D eigenvalue weighted by Gasteiger charge is 2.21. The molecule has 1 aromatic rings. The third-order valence-corrected chi connectivity index (χ3v) is 3.09. The van der Waals surface area contributed by atoms with E-state index in [4.69, 9.17) is 0 Å². The molecular weight excluding hydrogens is 242 g/mol. The molecule has 4 heteroatoms. The van der Waals surface area contributed by atoms with Gasteiger partial charge in [-0.3, -0.25) is 9.59 Å². The molecule has 0 radical (unpaired) electrons. The molecule has 104 valence electrons. The fraction of sp³-hybridized carbons (Fsp3) is 0.467. The van der Waals surface area contributed by atoms with Crippen LogP contribution in [0.5, 0.6) is 0 Å². The van der Waals surface area contributed by atoms with Crippen LogP contribution in [-0.4, -0.2) is 25.5 Å². The quantitative estimate of drug-likeness (QED) is 0.652. The summed E-state index contributed by atoms with van der Waals surface area (Å²) in [6.07, 6.45) is -0.236. The van der Waals surface area contributed by atoms with E-state index in [2.05, 4.69) is 36.0 Å². The van der Waals surface area contributed by atoms with E-state index in [1.54, 1.807) is 0 Å². The Morgan fingerprint density at radius 3 is 2.32 bits per heavy atom. The molecule has 0 aromatic heterocycles. The molecule has 0 aliphatic heterocycles. The summed E-state index contributed by atoms with van der Waals surface area (Å²) in [5, 5.41) is 2.76. The highest BCUT2D eigenvalue weighted by molar-refractivity contribution is 5.94. The van der Waals surface area contributed by atoms with E-state index in [1.807, 2.05) is 19.1 Å². The number of rotatable bonds is 5. The molecule has 0 fully saturated rings. The van der Waals surface area contributed by atoms with E-state index in [-0.39, 0.29) is 17.7 Å². The van der Waals surface area contributed by atoms with Gasteiger partial charge in [0.25, 0.3) is 0 Å². The zero-order chi connectivity index (χ0) is 14.5. The van der Waals surface area contributed by atoms with Crippen LogP contribution in [0.25, 0.3) is 0 Å². The fourth-order valence-electron chi connectivity index (χ4n) is 1.69. The van der Waals surface area contributed by atoms with Gasteiger partial charge in [-0.15, -0.1) is 0 Å². The summed E-state index contributed by atoms with van der Waals surface area (Å²) in [4.78, 5) is 22.5. The standard InChI is InChI=1S/C15H21NO3/c1-11-5-7-12(8-6-11)15(2,3)10-16-13(17)9-14(18)19-4/h5-8H,9-10H2,1-4H3,(H,16,17). The van der Waals surface area contributed by atoms with Crippen molar-refractivity contribution in [2.45, 2.75) is 32.6 Å². The van der Waals surface area contributed by atoms with E-state index in [1.165, 1.54) is 12.7 Å². The van der Waals surface area contributed by atoms with Gasteiger partial charge in [-0.2, -0.15) is 0 Å². The van der Waals surface area contributed by atoms with Gasteiger partial charge in [0.1, 0.15) is 6.42 Å². The van der Waals surface area contributed by atoms with Crippen molar-refractivity contribution in [2.75, 3.05) is 13.7 Å². The Labute approximate surface area is 114 Å². The van der Waals surface area contributed by atoms with E-state index < -0.39 is 5.97 Å². The number of hydrogen-bond acceptors (Lipinski definition) is 3. The van der Waals surface area contributed by atoms with E-state index >= 15 is 0 Å². The average molecular weight is 263 g/mol. The van der Waals surface area contributed by atoms with E-state index in [0.717, 1.165) is 5.56 Å². The molecule has 1 rings (SSSR count). The molecule has 1 N–H and O–H groups in total. The second-order valence-electron chi connectivity index (χ2n) is 5.28. The highest BCUT2D eigenvalue weighted by Crippen LogP contribution is 2.22. The summed E-state index contributed by atoms with van der Waals surface area (Å²) >= 11 is 0. The zero-order valence-corrected chi connectivity index (χ0v) is 11.9. The van der Waals surface area contributed by atoms with Gasteiger partial charge in [-0.1, -0.05) is 43.7 Å². The number of carbonyl (C=O) groups excluding carboxylic acids is 2. The zero-order valence-electron chi connectivity index (χ0n) is 11.9. The van der Waals surface area contributed by atoms with E-state index in [0.29, 0.717) is 6.54 Å². The van der Waals surface area contributed by atoms with Gasteiger partial charge in [0.2, 0.25) is 5.91 Å². The number of methoxy groups -OCH3 is 1. The molecule has 1 amide bonds. The predicted molar refractivity (Wildman–Crippen MR) is 73.8 cm³/mol. The van der Waals surface area contributed by atoms with Crippen molar-refractivity contribution >= 4 is 11.9 Å². The maximum atomic E-state index is 11.5. The SMILES string of the molecule is COC(=O)CC(=O)NCC(C)(C)c1ccc(C)cc1. The molecule has 4 nitrogen and oxygen atoms in total. The van der Waals surface area contributed by atoms with Gasteiger partial charge < -0.3 is 10.1 Å². The maximum Gasteiger partial charge on any atom is 0.315 e. The molecule has 0 heterocycles. The third-order valence-electron chi connectivity index (χ3n) is 3.09. The van der Waals surface area contributed by atoms with Crippen molar-refractivity contribution in [2.24, 2.45) is 0 Å². The van der Waals surface area contributed by atoms with Crippen molar-refractivity contribution in [1.29, 1.82) is 0 Å². The molecule has 1 aromatic carbocycles. The Balaban J connectivity index is 2.57. The molecule has 0 bridgehead atoms. The van der Waals surface area contributed by atoms with Crippen molar-refractivity contribution in [3.8, 4) is 0 Å². The first-order valence-corrected chi connectivity index (χ1v) is 6.26. The Kier molecular flexibility index (Phi) is 5.10. The van der Waals surface area contributed by atoms with Gasteiger partial charge >= 0.3 is 5.97 Å². The summed E-state index contributed by atoms with van der Waals surface area (Å²) < 4.78 is 4.45. The molecule has 19 heavy (non-hydrogen) atoms. The van der Waals surface area contributed by atoms with Gasteiger partial charge in [-0.25, -0.2) is 0 Å². The van der Waals surface area contributed by atoms with Gasteiger partial charge in [-0.05, 0) is 12.5 Å². The Bertz CT molecular complexity index is 449. The first kappa shape index (κ1) is 15.2. The van der Waals surface area contributed by atoms with Crippen LogP contribution in [0.4, 0.5) is 0 Å². The van der Waals surface area contributed by atoms with E-state index in [9.17, 15) is 9.59 Å². The summed E-state index contributed by atoms with van der Waals surface area (Å²) in [7, 11) is 1.27. The molecular formula is C15H21NO3. The molecule has 0 aliphatic carbocycles. The number of hydrogen-bond donors (Lipinski definition) is 1. The second-order valence-corrected chi connectivity index (χ2v) is 5.28. The Hall–Kier alpha value is -1.84. The first-order chi connectivity index (χ1) is 8.85. The molecule has 0 saturated carbocycles. The molecule has 0 saturated heterocycles. The van der Waals surface area contributed by atoms with Crippen molar-refractivity contribution in [3.05, 3.63) is 35.4 Å². The van der Waals surface area contributed by atoms with Crippen LogP contribution in [0, 0.1) is 6.92 Å². The third kappa shape index (κ3) is 4.73. The van der Waals surface area contributed by atoms with Gasteiger partial charge in [0.15, 0.2) is 0 Å². The van der Waals surface area contributed by atoms with Gasteiger partial charge in [0, 0.05) is 12.0 Å². The minimum absolute atomic E-state index is 0.181. The first-order valence-electron chi connectivity index (χ1n) is 6.26. The summed E-state index contributed by atoms with van der Waals surface area (Å²) in [5.41, 5.74) is 2.17. The summed E-state index contributed by atoms with van der Waals surface area (Å²) in [6, 6.07) is 8.21. The number of esters is 1. The number of nitrogens with one attached hydrogen (secondary N) is 1. The highest BCUT2D eigenvalue weighted by atomic mass is 16.5. The van der Waals surface area contributed by atoms with Crippen molar-refractivity contribution < 1.29 is 14.3 Å². The van der Waals surface area contributed by atoms with Crippen molar-refractivity contribution in [3.63, 3.8) is 0 Å². The Morgan fingerprint density at radius 2 is 1.79 bits per heavy atom. The minimum Gasteiger partial charge on any atom is -0.469 e. The van der Waals surface area contributed by atoms with Crippen molar-refractivity contribution in [1.82, 2.24) is 5.32 Å². The number of benzene rings is 1. The number of carbonyl (C=O) groups is 2. The van der Waals surface area contributed by atoms with Crippen LogP contribution in [0.2, 0.25) is 0 Å². The van der Waals surface area contributed by atoms with Crippen LogP contribution in [0.1, 0.15) is 31.4 Å². The van der Waals surface area contributed by atoms with Crippen LogP contribution < -0.4 is 5.32 Å². The van der Waals surface area contributed by atoms with Crippen LogP contribution in [0.3, 0.4) is 0 Å². The predicted octanol–water partition coefficient (Wildman–Crippen LogP) is 1.95. The summed E-state index contributed by atoms with van der Waals surface area (Å²) in [5.74, 6) is -0.835. The Morgan fingerprint density at radius 1 is 1.21 bits per heavy atom. The van der Waals surface area contributed by atoms with Crippen LogP contribution >= 0.6 is 0 Å². The minimum atomic E-state index is -0.523. The molecule has 0 spiro atoms. The van der Waals surface area contributed by atoms with Gasteiger partial charge in [0.05, 0.1) is 7.11 Å². The van der Waals surface area contributed by atoms with Crippen LogP contribution in [-0.2, 0) is 19.7 Å². The fourth-order valence-corrected chi connectivity index (χ4v) is 1.69. The lowest BCUT2D eigenvalue weighted by molar-refractivity contribution is -0.143. The lowest BCUT2D eigenvalue weighted by Gasteiger charge is -2.25. The lowest BCUT2D eigenvalue weighted by atomic mass is 9.84. The largest absolute Gasteiger partial charge is 0.469 e. The molecule has 0 unspecified atom stereocenters.